The summed E-state index contributed by atoms with van der Waals surface area (Å²) in [4.78, 5) is 8.19. The van der Waals surface area contributed by atoms with Gasteiger partial charge < -0.3 is 0 Å². The van der Waals surface area contributed by atoms with Gasteiger partial charge in [0.2, 0.25) is 0 Å². The largest absolute Gasteiger partial charge is 0.264 e. The van der Waals surface area contributed by atoms with Crippen molar-refractivity contribution in [3.8, 4) is 11.1 Å². The van der Waals surface area contributed by atoms with Gasteiger partial charge in [-0.3, -0.25) is 9.97 Å². The smallest absolute Gasteiger partial charge is 0.0701 e. The Morgan fingerprint density at radius 2 is 0.906 bits per heavy atom. The lowest BCUT2D eigenvalue weighted by atomic mass is 10.1. The Morgan fingerprint density at radius 1 is 0.375 bits per heavy atom. The van der Waals surface area contributed by atoms with E-state index in [1.54, 1.807) is 0 Å². The molecule has 0 atom stereocenters. The van der Waals surface area contributed by atoms with Gasteiger partial charge in [-0.15, -0.1) is 0 Å². The summed E-state index contributed by atoms with van der Waals surface area (Å²) in [5.41, 5.74) is 3.61. The van der Waals surface area contributed by atoms with E-state index in [0.717, 1.165) is 5.52 Å². The second-order valence-electron chi connectivity index (χ2n) is 7.15. The van der Waals surface area contributed by atoms with Gasteiger partial charge in [-0.25, -0.2) is 0 Å². The zero-order chi connectivity index (χ0) is 21.8. The first-order chi connectivity index (χ1) is 15.9. The van der Waals surface area contributed by atoms with Crippen molar-refractivity contribution in [1.82, 2.24) is 9.97 Å². The molecule has 0 aliphatic rings. The molecule has 0 amide bonds. The lowest BCUT2D eigenvalue weighted by Gasteiger charge is -1.98. The van der Waals surface area contributed by atoms with Crippen LogP contribution in [0, 0.1) is 0 Å². The third-order valence-electron chi connectivity index (χ3n) is 4.94. The molecule has 2 heterocycles. The maximum Gasteiger partial charge on any atom is 0.0701 e. The normalized spacial score (nSPS) is 9.88. The first-order valence-electron chi connectivity index (χ1n) is 10.6. The molecule has 154 valence electrons. The summed E-state index contributed by atoms with van der Waals surface area (Å²) in [7, 11) is 0. The molecule has 6 aromatic rings. The summed E-state index contributed by atoms with van der Waals surface area (Å²) in [5.74, 6) is 0. The molecule has 32 heavy (non-hydrogen) atoms. The number of pyridine rings is 2. The van der Waals surface area contributed by atoms with Gasteiger partial charge in [0.15, 0.2) is 0 Å². The van der Waals surface area contributed by atoms with Gasteiger partial charge >= 0.3 is 0 Å². The second kappa shape index (κ2) is 11.2. The van der Waals surface area contributed by atoms with Crippen molar-refractivity contribution in [2.45, 2.75) is 0 Å². The number of hydrogen-bond donors (Lipinski definition) is 0. The van der Waals surface area contributed by atoms with E-state index in [-0.39, 0.29) is 0 Å². The maximum absolute atomic E-state index is 4.18. The summed E-state index contributed by atoms with van der Waals surface area (Å²) in [5, 5.41) is 3.65. The molecule has 4 aromatic carbocycles. The standard InChI is InChI=1S/C12H10.2C9H7N/c1-3-7-11(8-4-1)12-9-5-2-6-10-12;1-2-6-9-8(4-1)5-3-7-10-9;1-2-4-9-7-10-6-5-8(9)3-1/h1-10H;2*1-7H. The maximum atomic E-state index is 4.18. The molecule has 0 unspecified atom stereocenters. The highest BCUT2D eigenvalue weighted by atomic mass is 14.6. The van der Waals surface area contributed by atoms with Gasteiger partial charge in [-0.05, 0) is 40.1 Å². The first-order valence-corrected chi connectivity index (χ1v) is 10.6. The number of nitrogens with zero attached hydrogens (tertiary/aromatic N) is 2. The van der Waals surface area contributed by atoms with Crippen molar-refractivity contribution in [2.75, 3.05) is 0 Å². The van der Waals surface area contributed by atoms with Crippen molar-refractivity contribution in [3.63, 3.8) is 0 Å². The Morgan fingerprint density at radius 3 is 1.53 bits per heavy atom. The van der Waals surface area contributed by atoms with Crippen molar-refractivity contribution < 1.29 is 0 Å². The molecular weight excluding hydrogens is 388 g/mol. The molecule has 2 heteroatoms. The van der Waals surface area contributed by atoms with Crippen LogP contribution in [-0.4, -0.2) is 9.97 Å². The van der Waals surface area contributed by atoms with Crippen LogP contribution in [0.2, 0.25) is 0 Å². The molecule has 0 saturated heterocycles. The first kappa shape index (κ1) is 21.0. The molecule has 2 nitrogen and oxygen atoms in total. The molecular formula is C30H24N2. The fourth-order valence-electron chi connectivity index (χ4n) is 3.30. The quantitative estimate of drug-likeness (QED) is 0.275. The highest BCUT2D eigenvalue weighted by molar-refractivity contribution is 5.81. The Bertz CT molecular complexity index is 1120. The van der Waals surface area contributed by atoms with Gasteiger partial charge in [0.05, 0.1) is 5.52 Å². The fourth-order valence-corrected chi connectivity index (χ4v) is 3.30. The van der Waals surface area contributed by atoms with Crippen molar-refractivity contribution in [1.29, 1.82) is 0 Å². The number of hydrogen-bond acceptors (Lipinski definition) is 2. The van der Waals surface area contributed by atoms with Crippen LogP contribution < -0.4 is 0 Å². The summed E-state index contributed by atoms with van der Waals surface area (Å²) in [6.07, 6.45) is 5.49. The minimum atomic E-state index is 1.06. The summed E-state index contributed by atoms with van der Waals surface area (Å²) >= 11 is 0. The zero-order valence-electron chi connectivity index (χ0n) is 17.8. The van der Waals surface area contributed by atoms with Gasteiger partial charge in [0.1, 0.15) is 0 Å². The fraction of sp³-hybridized carbons (Fsp3) is 0. The Balaban J connectivity index is 0.000000115. The zero-order valence-corrected chi connectivity index (χ0v) is 17.8. The van der Waals surface area contributed by atoms with Gasteiger partial charge in [0, 0.05) is 24.0 Å². The van der Waals surface area contributed by atoms with Gasteiger partial charge in [-0.2, -0.15) is 0 Å². The van der Waals surface area contributed by atoms with E-state index in [2.05, 4.69) is 82.8 Å². The highest BCUT2D eigenvalue weighted by Crippen LogP contribution is 2.17. The highest BCUT2D eigenvalue weighted by Gasteiger charge is 1.92. The molecule has 0 aliphatic carbocycles. The van der Waals surface area contributed by atoms with E-state index in [0.29, 0.717) is 0 Å². The second-order valence-corrected chi connectivity index (χ2v) is 7.15. The van der Waals surface area contributed by atoms with E-state index < -0.39 is 0 Å². The molecule has 0 saturated carbocycles. The van der Waals surface area contributed by atoms with E-state index in [1.807, 2.05) is 73.2 Å². The summed E-state index contributed by atoms with van der Waals surface area (Å²) < 4.78 is 0. The number of benzene rings is 4. The summed E-state index contributed by atoms with van der Waals surface area (Å²) in [6.45, 7) is 0. The number of para-hydroxylation sites is 1. The molecule has 0 aliphatic heterocycles. The topological polar surface area (TPSA) is 25.8 Å². The molecule has 2 aromatic heterocycles. The Kier molecular flexibility index (Phi) is 7.33. The van der Waals surface area contributed by atoms with Crippen LogP contribution >= 0.6 is 0 Å². The van der Waals surface area contributed by atoms with E-state index in [4.69, 9.17) is 0 Å². The molecule has 0 N–H and O–H groups in total. The molecule has 0 radical (unpaired) electrons. The lowest BCUT2D eigenvalue weighted by molar-refractivity contribution is 1.36. The van der Waals surface area contributed by atoms with Crippen LogP contribution in [0.25, 0.3) is 32.8 Å². The number of fused-ring (bicyclic) bond motifs is 2. The predicted octanol–water partition coefficient (Wildman–Crippen LogP) is 7.82. The minimum Gasteiger partial charge on any atom is -0.264 e. The molecule has 0 fully saturated rings. The van der Waals surface area contributed by atoms with Crippen LogP contribution in [0.4, 0.5) is 0 Å². The van der Waals surface area contributed by atoms with Crippen LogP contribution in [0.1, 0.15) is 0 Å². The number of rotatable bonds is 1. The van der Waals surface area contributed by atoms with Crippen molar-refractivity contribution >= 4 is 21.7 Å². The van der Waals surface area contributed by atoms with Gasteiger partial charge in [-0.1, -0.05) is 109 Å². The van der Waals surface area contributed by atoms with E-state index >= 15 is 0 Å². The molecule has 0 spiro atoms. The lowest BCUT2D eigenvalue weighted by Crippen LogP contribution is -1.73. The average Bonchev–Trinajstić information content (AvgIpc) is 2.91. The third kappa shape index (κ3) is 5.87. The van der Waals surface area contributed by atoms with E-state index in [1.165, 1.54) is 27.3 Å². The van der Waals surface area contributed by atoms with Crippen LogP contribution in [0.15, 0.2) is 146 Å². The molecule has 0 bridgehead atoms. The average molecular weight is 413 g/mol. The van der Waals surface area contributed by atoms with Crippen LogP contribution in [-0.2, 0) is 0 Å². The van der Waals surface area contributed by atoms with Crippen molar-refractivity contribution in [3.05, 3.63) is 146 Å². The van der Waals surface area contributed by atoms with Gasteiger partial charge in [0.25, 0.3) is 0 Å². The molecule has 6 rings (SSSR count). The monoisotopic (exact) mass is 412 g/mol. The third-order valence-corrected chi connectivity index (χ3v) is 4.94. The Hall–Kier alpha value is -4.30. The van der Waals surface area contributed by atoms with Crippen LogP contribution in [0.3, 0.4) is 0 Å². The predicted molar refractivity (Wildman–Crippen MR) is 135 cm³/mol. The van der Waals surface area contributed by atoms with Crippen molar-refractivity contribution in [2.24, 2.45) is 0 Å². The van der Waals surface area contributed by atoms with E-state index in [9.17, 15) is 0 Å². The van der Waals surface area contributed by atoms with Crippen LogP contribution in [0.5, 0.6) is 0 Å². The minimum absolute atomic E-state index is 1.06. The summed E-state index contributed by atoms with van der Waals surface area (Å²) in [6, 6.07) is 43.1. The Labute approximate surface area is 188 Å². The number of aromatic nitrogens is 2. The SMILES string of the molecule is c1ccc(-c2ccccc2)cc1.c1ccc2cnccc2c1.c1ccc2ncccc2c1.